The monoisotopic (exact) mass is 449 g/mol. The second-order valence-corrected chi connectivity index (χ2v) is 11.6. The Kier molecular flexibility index (Phi) is 7.10. The van der Waals surface area contributed by atoms with Crippen LogP contribution in [0, 0.1) is 0 Å². The molecule has 160 valence electrons. The number of pyridine rings is 1. The molecule has 1 aromatic heterocycles. The zero-order chi connectivity index (χ0) is 21.9. The Labute approximate surface area is 172 Å². The Morgan fingerprint density at radius 3 is 2.21 bits per heavy atom. The van der Waals surface area contributed by atoms with Gasteiger partial charge < -0.3 is 0 Å². The quantitative estimate of drug-likeness (QED) is 0.591. The van der Waals surface area contributed by atoms with Crippen LogP contribution in [-0.4, -0.2) is 36.3 Å². The van der Waals surface area contributed by atoms with Crippen LogP contribution < -0.4 is 8.49 Å². The summed E-state index contributed by atoms with van der Waals surface area (Å²) in [7, 11) is -4.65. The first-order valence-corrected chi connectivity index (χ1v) is 11.9. The van der Waals surface area contributed by atoms with Gasteiger partial charge in [0.2, 0.25) is 10.0 Å². The molecular weight excluding hydrogens is 425 g/mol. The summed E-state index contributed by atoms with van der Waals surface area (Å²) in [6.45, 7) is 5.84. The number of sulfonamides is 1. The average Bonchev–Trinajstić information content (AvgIpc) is 2.58. The van der Waals surface area contributed by atoms with Crippen molar-refractivity contribution in [3.63, 3.8) is 0 Å². The molecule has 0 bridgehead atoms. The van der Waals surface area contributed by atoms with Crippen molar-refractivity contribution in [2.24, 2.45) is 0 Å². The number of hydrogen-bond acceptors (Lipinski definition) is 4. The first-order chi connectivity index (χ1) is 13.3. The fraction of sp³-hybridized carbons (Fsp3) is 0.421. The Hall–Kier alpha value is -1.94. The largest absolute Gasteiger partial charge is 0.404 e. The van der Waals surface area contributed by atoms with Crippen LogP contribution in [0.2, 0.25) is 0 Å². The molecule has 29 heavy (non-hydrogen) atoms. The Morgan fingerprint density at radius 1 is 1.10 bits per heavy atom. The zero-order valence-electron chi connectivity index (χ0n) is 16.6. The summed E-state index contributed by atoms with van der Waals surface area (Å²) in [5, 5.41) is 0. The molecule has 0 fully saturated rings. The minimum atomic E-state index is -4.85. The minimum Gasteiger partial charge on any atom is -0.286 e. The van der Waals surface area contributed by atoms with Crippen LogP contribution in [-0.2, 0) is 27.7 Å². The van der Waals surface area contributed by atoms with E-state index in [2.05, 4.69) is 4.98 Å². The van der Waals surface area contributed by atoms with E-state index in [4.69, 9.17) is 4.18 Å². The molecule has 1 atom stereocenters. The van der Waals surface area contributed by atoms with Gasteiger partial charge in [0.25, 0.3) is 0 Å². The highest BCUT2D eigenvalue weighted by Crippen LogP contribution is 2.29. The normalized spacial score (nSPS) is 13.8. The van der Waals surface area contributed by atoms with Gasteiger partial charge in [0, 0.05) is 12.4 Å². The summed E-state index contributed by atoms with van der Waals surface area (Å²) in [5.41, 5.74) is 0.596. The van der Waals surface area contributed by atoms with Crippen LogP contribution in [0.25, 0.3) is 0 Å². The molecular formula is C19H24F3N2O3S2+. The standard InChI is InChI=1S/C19H24F3N2O3S2/c1-18(2,3)28(4)27-17-9-7-16(8-10-17)24(13-15-6-5-11-23-12-15)29(25,26)14-19(20,21)22/h5-12H,13-14H2,1-4H3/q+1. The smallest absolute Gasteiger partial charge is 0.286 e. The molecule has 0 saturated carbocycles. The van der Waals surface area contributed by atoms with Gasteiger partial charge in [0.15, 0.2) is 27.4 Å². The van der Waals surface area contributed by atoms with E-state index in [9.17, 15) is 21.6 Å². The van der Waals surface area contributed by atoms with Crippen molar-refractivity contribution in [2.45, 2.75) is 38.2 Å². The van der Waals surface area contributed by atoms with Crippen molar-refractivity contribution in [1.29, 1.82) is 0 Å². The molecule has 0 saturated heterocycles. The number of aromatic nitrogens is 1. The Balaban J connectivity index is 2.33. The van der Waals surface area contributed by atoms with Crippen molar-refractivity contribution in [3.05, 3.63) is 54.4 Å². The lowest BCUT2D eigenvalue weighted by atomic mass is 10.2. The lowest BCUT2D eigenvalue weighted by Gasteiger charge is -2.25. The molecule has 0 N–H and O–H groups in total. The molecule has 1 heterocycles. The summed E-state index contributed by atoms with van der Waals surface area (Å²) in [6, 6.07) is 9.20. The van der Waals surface area contributed by atoms with Gasteiger partial charge in [-0.2, -0.15) is 13.2 Å². The van der Waals surface area contributed by atoms with Gasteiger partial charge in [-0.1, -0.05) is 6.07 Å². The Bertz CT molecular complexity index is 897. The molecule has 0 aliphatic carbocycles. The lowest BCUT2D eigenvalue weighted by Crippen LogP contribution is -2.37. The average molecular weight is 450 g/mol. The molecule has 0 amide bonds. The summed E-state index contributed by atoms with van der Waals surface area (Å²) >= 11 is -0.406. The van der Waals surface area contributed by atoms with Gasteiger partial charge in [-0.15, -0.1) is 0 Å². The highest BCUT2D eigenvalue weighted by molar-refractivity contribution is 7.93. The van der Waals surface area contributed by atoms with Crippen LogP contribution in [0.4, 0.5) is 18.9 Å². The highest BCUT2D eigenvalue weighted by atomic mass is 32.2. The first kappa shape index (κ1) is 23.3. The molecule has 1 aromatic carbocycles. The highest BCUT2D eigenvalue weighted by Gasteiger charge is 2.39. The Morgan fingerprint density at radius 2 is 1.72 bits per heavy atom. The molecule has 0 spiro atoms. The summed E-state index contributed by atoms with van der Waals surface area (Å²) < 4.78 is 70.1. The van der Waals surface area contributed by atoms with Crippen LogP contribution >= 0.6 is 0 Å². The van der Waals surface area contributed by atoms with Crippen LogP contribution in [0.15, 0.2) is 48.8 Å². The van der Waals surface area contributed by atoms with Crippen molar-refractivity contribution in [3.8, 4) is 5.75 Å². The summed E-state index contributed by atoms with van der Waals surface area (Å²) in [4.78, 5) is 3.89. The number of benzene rings is 1. The molecule has 0 radical (unpaired) electrons. The van der Waals surface area contributed by atoms with Gasteiger partial charge in [0.1, 0.15) is 6.26 Å². The number of anilines is 1. The molecule has 10 heteroatoms. The van der Waals surface area contributed by atoms with Crippen LogP contribution in [0.3, 0.4) is 0 Å². The summed E-state index contributed by atoms with van der Waals surface area (Å²) in [6.07, 6.45) is 0.00974. The van der Waals surface area contributed by atoms with E-state index in [1.807, 2.05) is 27.0 Å². The van der Waals surface area contributed by atoms with Gasteiger partial charge in [0.05, 0.1) is 12.2 Å². The van der Waals surface area contributed by atoms with Crippen molar-refractivity contribution in [2.75, 3.05) is 16.3 Å². The number of alkyl halides is 3. The minimum absolute atomic E-state index is 0.0823. The number of rotatable bonds is 7. The lowest BCUT2D eigenvalue weighted by molar-refractivity contribution is -0.106. The van der Waals surface area contributed by atoms with Crippen LogP contribution in [0.1, 0.15) is 26.3 Å². The van der Waals surface area contributed by atoms with Gasteiger partial charge in [-0.25, -0.2) is 8.42 Å². The predicted molar refractivity (Wildman–Crippen MR) is 110 cm³/mol. The summed E-state index contributed by atoms with van der Waals surface area (Å²) in [5.74, 6) is -1.43. The van der Waals surface area contributed by atoms with E-state index >= 15 is 0 Å². The molecule has 2 rings (SSSR count). The number of hydrogen-bond donors (Lipinski definition) is 0. The van der Waals surface area contributed by atoms with E-state index in [0.717, 1.165) is 4.31 Å². The maximum absolute atomic E-state index is 12.8. The number of nitrogens with zero attached hydrogens (tertiary/aromatic N) is 2. The van der Waals surface area contributed by atoms with E-state index < -0.39 is 33.1 Å². The molecule has 2 aromatic rings. The van der Waals surface area contributed by atoms with E-state index in [1.165, 1.54) is 24.5 Å². The topological polar surface area (TPSA) is 59.5 Å². The third kappa shape index (κ3) is 7.11. The number of halogens is 3. The zero-order valence-corrected chi connectivity index (χ0v) is 18.2. The maximum atomic E-state index is 12.8. The fourth-order valence-electron chi connectivity index (χ4n) is 2.23. The van der Waals surface area contributed by atoms with Gasteiger partial charge in [-0.05, 0) is 56.7 Å². The molecule has 0 aliphatic rings. The third-order valence-corrected chi connectivity index (χ3v) is 7.81. The molecule has 1 unspecified atom stereocenters. The molecule has 5 nitrogen and oxygen atoms in total. The predicted octanol–water partition coefficient (Wildman–Crippen LogP) is 4.32. The SMILES string of the molecule is C[S+](Oc1ccc(N(Cc2cccnc2)S(=O)(=O)CC(F)(F)F)cc1)C(C)(C)C. The van der Waals surface area contributed by atoms with Gasteiger partial charge >= 0.3 is 6.18 Å². The molecule has 0 aliphatic heterocycles. The fourth-order valence-corrected chi connectivity index (χ4v) is 4.24. The van der Waals surface area contributed by atoms with Crippen LogP contribution in [0.5, 0.6) is 5.75 Å². The first-order valence-electron chi connectivity index (χ1n) is 8.68. The van der Waals surface area contributed by atoms with Crippen molar-refractivity contribution < 1.29 is 25.8 Å². The van der Waals surface area contributed by atoms with Gasteiger partial charge in [-0.3, -0.25) is 13.5 Å². The van der Waals surface area contributed by atoms with E-state index in [0.29, 0.717) is 11.3 Å². The maximum Gasteiger partial charge on any atom is 0.404 e. The second kappa shape index (κ2) is 8.83. The van der Waals surface area contributed by atoms with Crippen molar-refractivity contribution >= 4 is 26.9 Å². The third-order valence-electron chi connectivity index (χ3n) is 3.94. The van der Waals surface area contributed by atoms with E-state index in [1.54, 1.807) is 24.3 Å². The second-order valence-electron chi connectivity index (χ2n) is 7.38. The van der Waals surface area contributed by atoms with Crippen molar-refractivity contribution in [1.82, 2.24) is 4.98 Å². The van der Waals surface area contributed by atoms with E-state index in [-0.39, 0.29) is 17.0 Å².